The second-order valence-electron chi connectivity index (χ2n) is 6.70. The van der Waals surface area contributed by atoms with Crippen LogP contribution in [0, 0.1) is 17.0 Å². The Kier molecular flexibility index (Phi) is 6.54. The minimum absolute atomic E-state index is 0.0399. The first-order valence-electron chi connectivity index (χ1n) is 9.27. The SMILES string of the molecule is Cc1ccc([N+](=O)[O-])cc1NC(=O)COC(=O)Cc1ccc(-c2ccccc2)cc1. The van der Waals surface area contributed by atoms with E-state index in [9.17, 15) is 19.7 Å². The number of aryl methyl sites for hydroxylation is 1. The van der Waals surface area contributed by atoms with Crippen molar-refractivity contribution < 1.29 is 19.2 Å². The van der Waals surface area contributed by atoms with E-state index < -0.39 is 23.4 Å². The molecule has 0 aliphatic heterocycles. The first-order chi connectivity index (χ1) is 14.4. The van der Waals surface area contributed by atoms with E-state index in [-0.39, 0.29) is 12.1 Å². The Morgan fingerprint density at radius 3 is 2.30 bits per heavy atom. The molecule has 30 heavy (non-hydrogen) atoms. The number of carbonyl (C=O) groups is 2. The average Bonchev–Trinajstić information content (AvgIpc) is 2.75. The first-order valence-corrected chi connectivity index (χ1v) is 9.27. The number of nitro groups is 1. The molecule has 0 unspecified atom stereocenters. The molecule has 0 bridgehead atoms. The van der Waals surface area contributed by atoms with Crippen molar-refractivity contribution in [2.24, 2.45) is 0 Å². The summed E-state index contributed by atoms with van der Waals surface area (Å²) in [6.07, 6.45) is 0.0399. The Hall–Kier alpha value is -4.00. The van der Waals surface area contributed by atoms with Crippen LogP contribution in [-0.4, -0.2) is 23.4 Å². The lowest BCUT2D eigenvalue weighted by Gasteiger charge is -2.09. The third kappa shape index (κ3) is 5.51. The van der Waals surface area contributed by atoms with Crippen molar-refractivity contribution >= 4 is 23.3 Å². The van der Waals surface area contributed by atoms with Crippen molar-refractivity contribution in [3.8, 4) is 11.1 Å². The maximum absolute atomic E-state index is 12.0. The highest BCUT2D eigenvalue weighted by Gasteiger charge is 2.13. The molecule has 0 saturated heterocycles. The number of carbonyl (C=O) groups excluding carboxylic acids is 2. The molecule has 3 aromatic rings. The third-order valence-corrected chi connectivity index (χ3v) is 4.48. The molecule has 0 aliphatic carbocycles. The second kappa shape index (κ2) is 9.47. The predicted octanol–water partition coefficient (Wildman–Crippen LogP) is 4.29. The van der Waals surface area contributed by atoms with Crippen LogP contribution in [0.4, 0.5) is 11.4 Å². The van der Waals surface area contributed by atoms with Gasteiger partial charge in [0.1, 0.15) is 0 Å². The van der Waals surface area contributed by atoms with Gasteiger partial charge in [0, 0.05) is 12.1 Å². The van der Waals surface area contributed by atoms with Crippen molar-refractivity contribution in [3.63, 3.8) is 0 Å². The highest BCUT2D eigenvalue weighted by molar-refractivity contribution is 5.93. The highest BCUT2D eigenvalue weighted by atomic mass is 16.6. The smallest absolute Gasteiger partial charge is 0.310 e. The van der Waals surface area contributed by atoms with Crippen molar-refractivity contribution in [1.82, 2.24) is 0 Å². The van der Waals surface area contributed by atoms with E-state index in [0.29, 0.717) is 11.3 Å². The van der Waals surface area contributed by atoms with E-state index in [1.165, 1.54) is 12.1 Å². The number of nitro benzene ring substituents is 1. The Morgan fingerprint density at radius 2 is 1.63 bits per heavy atom. The zero-order chi connectivity index (χ0) is 21.5. The number of amides is 1. The maximum atomic E-state index is 12.0. The molecule has 0 spiro atoms. The van der Waals surface area contributed by atoms with E-state index in [1.807, 2.05) is 54.6 Å². The quantitative estimate of drug-likeness (QED) is 0.360. The first kappa shape index (κ1) is 20.7. The molecule has 7 nitrogen and oxygen atoms in total. The Morgan fingerprint density at radius 1 is 0.967 bits per heavy atom. The summed E-state index contributed by atoms with van der Waals surface area (Å²) in [7, 11) is 0. The predicted molar refractivity (Wildman–Crippen MR) is 113 cm³/mol. The summed E-state index contributed by atoms with van der Waals surface area (Å²) in [5.74, 6) is -1.10. The molecule has 152 valence electrons. The van der Waals surface area contributed by atoms with Crippen LogP contribution in [0.25, 0.3) is 11.1 Å². The van der Waals surface area contributed by atoms with Crippen LogP contribution in [0.2, 0.25) is 0 Å². The van der Waals surface area contributed by atoms with Gasteiger partial charge in [0.2, 0.25) is 0 Å². The van der Waals surface area contributed by atoms with Crippen LogP contribution >= 0.6 is 0 Å². The van der Waals surface area contributed by atoms with Gasteiger partial charge in [0.15, 0.2) is 6.61 Å². The fourth-order valence-electron chi connectivity index (χ4n) is 2.85. The molecule has 0 atom stereocenters. The van der Waals surface area contributed by atoms with E-state index in [0.717, 1.165) is 16.7 Å². The van der Waals surface area contributed by atoms with Crippen LogP contribution < -0.4 is 5.32 Å². The summed E-state index contributed by atoms with van der Waals surface area (Å²) >= 11 is 0. The summed E-state index contributed by atoms with van der Waals surface area (Å²) < 4.78 is 5.03. The summed E-state index contributed by atoms with van der Waals surface area (Å²) in [6, 6.07) is 21.6. The van der Waals surface area contributed by atoms with E-state index >= 15 is 0 Å². The number of hydrogen-bond acceptors (Lipinski definition) is 5. The summed E-state index contributed by atoms with van der Waals surface area (Å²) in [4.78, 5) is 34.4. The lowest BCUT2D eigenvalue weighted by molar-refractivity contribution is -0.384. The van der Waals surface area contributed by atoms with Gasteiger partial charge in [-0.25, -0.2) is 0 Å². The number of non-ortho nitro benzene ring substituents is 1. The summed E-state index contributed by atoms with van der Waals surface area (Å²) in [5.41, 5.74) is 3.74. The minimum Gasteiger partial charge on any atom is -0.455 e. The number of rotatable bonds is 7. The van der Waals surface area contributed by atoms with Crippen molar-refractivity contribution in [3.05, 3.63) is 94.0 Å². The zero-order valence-corrected chi connectivity index (χ0v) is 16.3. The van der Waals surface area contributed by atoms with Gasteiger partial charge < -0.3 is 10.1 Å². The molecule has 0 aliphatic rings. The highest BCUT2D eigenvalue weighted by Crippen LogP contribution is 2.22. The third-order valence-electron chi connectivity index (χ3n) is 4.48. The number of benzene rings is 3. The van der Waals surface area contributed by atoms with Crippen LogP contribution in [-0.2, 0) is 20.7 Å². The zero-order valence-electron chi connectivity index (χ0n) is 16.3. The van der Waals surface area contributed by atoms with Crippen LogP contribution in [0.5, 0.6) is 0 Å². The lowest BCUT2D eigenvalue weighted by Crippen LogP contribution is -2.22. The van der Waals surface area contributed by atoms with Crippen LogP contribution in [0.15, 0.2) is 72.8 Å². The molecule has 1 N–H and O–H groups in total. The number of ether oxygens (including phenoxy) is 1. The van der Waals surface area contributed by atoms with Crippen molar-refractivity contribution in [2.75, 3.05) is 11.9 Å². The van der Waals surface area contributed by atoms with Gasteiger partial charge in [-0.3, -0.25) is 19.7 Å². The minimum atomic E-state index is -0.564. The Labute approximate surface area is 173 Å². The summed E-state index contributed by atoms with van der Waals surface area (Å²) in [5, 5.41) is 13.4. The normalized spacial score (nSPS) is 10.3. The molecule has 0 heterocycles. The van der Waals surface area contributed by atoms with Gasteiger partial charge in [-0.2, -0.15) is 0 Å². The molecule has 1 amide bonds. The van der Waals surface area contributed by atoms with E-state index in [2.05, 4.69) is 5.32 Å². The lowest BCUT2D eigenvalue weighted by atomic mass is 10.0. The van der Waals surface area contributed by atoms with Crippen molar-refractivity contribution in [2.45, 2.75) is 13.3 Å². The monoisotopic (exact) mass is 404 g/mol. The number of esters is 1. The molecule has 3 rings (SSSR count). The number of anilines is 1. The molecule has 0 saturated carbocycles. The standard InChI is InChI=1S/C23H20N2O5/c1-16-7-12-20(25(28)29)14-21(16)24-22(26)15-30-23(27)13-17-8-10-19(11-9-17)18-5-3-2-4-6-18/h2-12,14H,13,15H2,1H3,(H,24,26). The maximum Gasteiger partial charge on any atom is 0.310 e. The van der Waals surface area contributed by atoms with Crippen LogP contribution in [0.1, 0.15) is 11.1 Å². The van der Waals surface area contributed by atoms with Gasteiger partial charge >= 0.3 is 5.97 Å². The number of nitrogens with one attached hydrogen (secondary N) is 1. The fourth-order valence-corrected chi connectivity index (χ4v) is 2.85. The fraction of sp³-hybridized carbons (Fsp3) is 0.130. The van der Waals surface area contributed by atoms with E-state index in [1.54, 1.807) is 13.0 Å². The van der Waals surface area contributed by atoms with Gasteiger partial charge in [0.25, 0.3) is 11.6 Å². The van der Waals surface area contributed by atoms with Gasteiger partial charge in [-0.1, -0.05) is 60.7 Å². The summed E-state index contributed by atoms with van der Waals surface area (Å²) in [6.45, 7) is 1.24. The largest absolute Gasteiger partial charge is 0.455 e. The topological polar surface area (TPSA) is 98.5 Å². The molecule has 7 heteroatoms. The average molecular weight is 404 g/mol. The van der Waals surface area contributed by atoms with Crippen molar-refractivity contribution in [1.29, 1.82) is 0 Å². The molecule has 3 aromatic carbocycles. The van der Waals surface area contributed by atoms with Gasteiger partial charge in [-0.15, -0.1) is 0 Å². The Balaban J connectivity index is 1.51. The van der Waals surface area contributed by atoms with E-state index in [4.69, 9.17) is 4.74 Å². The molecule has 0 radical (unpaired) electrons. The second-order valence-corrected chi connectivity index (χ2v) is 6.70. The van der Waals surface area contributed by atoms with Gasteiger partial charge in [-0.05, 0) is 29.2 Å². The number of nitrogens with zero attached hydrogens (tertiary/aromatic N) is 1. The molecular weight excluding hydrogens is 384 g/mol. The number of hydrogen-bond donors (Lipinski definition) is 1. The molecular formula is C23H20N2O5. The molecule has 0 fully saturated rings. The van der Waals surface area contributed by atoms with Crippen LogP contribution in [0.3, 0.4) is 0 Å². The molecule has 0 aromatic heterocycles. The van der Waals surface area contributed by atoms with Gasteiger partial charge in [0.05, 0.1) is 17.0 Å². The Bertz CT molecular complexity index is 1060.